The van der Waals surface area contributed by atoms with Gasteiger partial charge >= 0.3 is 0 Å². The third-order valence-corrected chi connectivity index (χ3v) is 18.8. The zero-order valence-corrected chi connectivity index (χ0v) is 44.0. The van der Waals surface area contributed by atoms with E-state index in [-0.39, 0.29) is 16.2 Å². The molecule has 0 atom stereocenters. The summed E-state index contributed by atoms with van der Waals surface area (Å²) in [7, 11) is 0. The SMILES string of the molecule is CC1(C)c2cc(-c3ccccc3)ccc2-c2ccc(N(c3ccc4c(c3)C(C)(C)c3cc(-c5ccc6ccccc6c5)ccc3-4)c3ccc4c(c3)C(C)(C)c3cc(-c5ccc6sc7ccccc7c6c5)ccc3-4)cc21. The van der Waals surface area contributed by atoms with Crippen LogP contribution in [0.3, 0.4) is 0 Å². The summed E-state index contributed by atoms with van der Waals surface area (Å²) in [4.78, 5) is 2.54. The molecule has 3 aliphatic carbocycles. The topological polar surface area (TPSA) is 3.24 Å². The number of fused-ring (bicyclic) bond motifs is 13. The Bertz CT molecular complexity index is 4390. The fraction of sp³-hybridized carbons (Fsp3) is 0.123. The van der Waals surface area contributed by atoms with Crippen LogP contribution in [-0.4, -0.2) is 0 Å². The Labute approximate surface area is 444 Å². The molecule has 15 rings (SSSR count). The first-order chi connectivity index (χ1) is 36.4. The van der Waals surface area contributed by atoms with E-state index in [0.717, 1.165) is 17.1 Å². The van der Waals surface area contributed by atoms with Crippen LogP contribution < -0.4 is 4.90 Å². The van der Waals surface area contributed by atoms with Gasteiger partial charge in [0.1, 0.15) is 0 Å². The Morgan fingerprint density at radius 2 is 0.640 bits per heavy atom. The minimum absolute atomic E-state index is 0.207. The molecule has 1 heterocycles. The van der Waals surface area contributed by atoms with Crippen molar-refractivity contribution >= 4 is 59.3 Å². The van der Waals surface area contributed by atoms with Gasteiger partial charge in [0.05, 0.1) is 0 Å². The van der Waals surface area contributed by atoms with Crippen molar-refractivity contribution < 1.29 is 0 Å². The van der Waals surface area contributed by atoms with Crippen molar-refractivity contribution in [3.8, 4) is 66.8 Å². The van der Waals surface area contributed by atoms with Crippen LogP contribution in [0.5, 0.6) is 0 Å². The van der Waals surface area contributed by atoms with E-state index in [4.69, 9.17) is 0 Å². The fourth-order valence-electron chi connectivity index (χ4n) is 13.5. The second kappa shape index (κ2) is 15.9. The average molecular weight is 978 g/mol. The molecule has 0 bridgehead atoms. The molecule has 2 heteroatoms. The van der Waals surface area contributed by atoms with E-state index in [1.54, 1.807) is 0 Å². The number of thiophene rings is 1. The van der Waals surface area contributed by atoms with E-state index in [0.29, 0.717) is 0 Å². The minimum Gasteiger partial charge on any atom is -0.310 e. The smallest absolute Gasteiger partial charge is 0.0465 e. The molecule has 0 unspecified atom stereocenters. The molecule has 3 aliphatic rings. The molecule has 0 spiro atoms. The van der Waals surface area contributed by atoms with Crippen LogP contribution in [0.1, 0.15) is 74.9 Å². The second-order valence-corrected chi connectivity index (χ2v) is 24.0. The third kappa shape index (κ3) is 6.55. The van der Waals surface area contributed by atoms with Gasteiger partial charge in [0, 0.05) is 53.5 Å². The highest BCUT2D eigenvalue weighted by atomic mass is 32.1. The van der Waals surface area contributed by atoms with Crippen LogP contribution in [0.4, 0.5) is 17.1 Å². The highest BCUT2D eigenvalue weighted by molar-refractivity contribution is 7.25. The van der Waals surface area contributed by atoms with Crippen LogP contribution in [0.25, 0.3) is 97.7 Å². The Kier molecular flexibility index (Phi) is 9.35. The lowest BCUT2D eigenvalue weighted by atomic mass is 9.80. The van der Waals surface area contributed by atoms with Crippen molar-refractivity contribution in [3.63, 3.8) is 0 Å². The summed E-state index contributed by atoms with van der Waals surface area (Å²) >= 11 is 1.88. The molecule has 358 valence electrons. The molecule has 1 nitrogen and oxygen atoms in total. The first-order valence-electron chi connectivity index (χ1n) is 26.5. The van der Waals surface area contributed by atoms with Crippen molar-refractivity contribution in [3.05, 3.63) is 258 Å². The molecule has 0 amide bonds. The van der Waals surface area contributed by atoms with E-state index >= 15 is 0 Å². The van der Waals surface area contributed by atoms with E-state index in [9.17, 15) is 0 Å². The highest BCUT2D eigenvalue weighted by Gasteiger charge is 2.40. The van der Waals surface area contributed by atoms with Crippen molar-refractivity contribution in [2.75, 3.05) is 4.90 Å². The van der Waals surface area contributed by atoms with Crippen LogP contribution >= 0.6 is 11.3 Å². The van der Waals surface area contributed by atoms with Crippen molar-refractivity contribution in [2.24, 2.45) is 0 Å². The predicted molar refractivity (Wildman–Crippen MR) is 321 cm³/mol. The number of nitrogens with zero attached hydrogens (tertiary/aromatic N) is 1. The molecular formula is C73H55NS. The lowest BCUT2D eigenvalue weighted by Gasteiger charge is -2.31. The van der Waals surface area contributed by atoms with Crippen molar-refractivity contribution in [1.29, 1.82) is 0 Å². The molecule has 0 saturated carbocycles. The Morgan fingerprint density at radius 1 is 0.267 bits per heavy atom. The second-order valence-electron chi connectivity index (χ2n) is 22.9. The Hall–Kier alpha value is -8.30. The summed E-state index contributed by atoms with van der Waals surface area (Å²) in [5.41, 5.74) is 26.5. The van der Waals surface area contributed by atoms with Crippen LogP contribution in [-0.2, 0) is 16.2 Å². The van der Waals surface area contributed by atoms with Crippen LogP contribution in [0.2, 0.25) is 0 Å². The molecule has 12 aromatic rings. The molecule has 1 aromatic heterocycles. The largest absolute Gasteiger partial charge is 0.310 e. The first kappa shape index (κ1) is 44.2. The number of hydrogen-bond donors (Lipinski definition) is 0. The summed E-state index contributed by atoms with van der Waals surface area (Å²) in [6.07, 6.45) is 0. The number of hydrogen-bond acceptors (Lipinski definition) is 2. The molecule has 0 aliphatic heterocycles. The summed E-state index contributed by atoms with van der Waals surface area (Å²) in [5.74, 6) is 0. The zero-order valence-electron chi connectivity index (χ0n) is 43.2. The molecule has 0 fully saturated rings. The minimum atomic E-state index is -0.232. The Morgan fingerprint density at radius 3 is 1.17 bits per heavy atom. The number of benzene rings is 11. The quantitative estimate of drug-likeness (QED) is 0.160. The lowest BCUT2D eigenvalue weighted by molar-refractivity contribution is 0.659. The van der Waals surface area contributed by atoms with Gasteiger partial charge in [-0.25, -0.2) is 0 Å². The van der Waals surface area contributed by atoms with Crippen LogP contribution in [0.15, 0.2) is 224 Å². The van der Waals surface area contributed by atoms with Gasteiger partial charge in [0.2, 0.25) is 0 Å². The molecule has 11 aromatic carbocycles. The average Bonchev–Trinajstić information content (AvgIpc) is 4.09. The summed E-state index contributed by atoms with van der Waals surface area (Å²) in [5, 5.41) is 5.20. The van der Waals surface area contributed by atoms with Crippen molar-refractivity contribution in [1.82, 2.24) is 0 Å². The maximum atomic E-state index is 2.54. The van der Waals surface area contributed by atoms with Crippen LogP contribution in [0, 0.1) is 0 Å². The molecule has 0 N–H and O–H groups in total. The fourth-order valence-corrected chi connectivity index (χ4v) is 14.6. The van der Waals surface area contributed by atoms with Crippen molar-refractivity contribution in [2.45, 2.75) is 57.8 Å². The van der Waals surface area contributed by atoms with E-state index < -0.39 is 0 Å². The first-order valence-corrected chi connectivity index (χ1v) is 27.4. The molecule has 75 heavy (non-hydrogen) atoms. The summed E-state index contributed by atoms with van der Waals surface area (Å²) < 4.78 is 2.67. The maximum absolute atomic E-state index is 2.54. The predicted octanol–water partition coefficient (Wildman–Crippen LogP) is 20.6. The highest BCUT2D eigenvalue weighted by Crippen LogP contribution is 2.56. The number of rotatable bonds is 6. The van der Waals surface area contributed by atoms with Gasteiger partial charge in [-0.2, -0.15) is 0 Å². The molecule has 0 radical (unpaired) electrons. The summed E-state index contributed by atoms with van der Waals surface area (Å²) in [6.45, 7) is 14.5. The van der Waals surface area contributed by atoms with Gasteiger partial charge in [-0.1, -0.05) is 187 Å². The lowest BCUT2D eigenvalue weighted by Crippen LogP contribution is -2.19. The normalized spacial score (nSPS) is 14.9. The van der Waals surface area contributed by atoms with Gasteiger partial charge in [-0.05, 0) is 190 Å². The van der Waals surface area contributed by atoms with E-state index in [1.165, 1.54) is 131 Å². The Balaban J connectivity index is 0.850. The van der Waals surface area contributed by atoms with Gasteiger partial charge in [-0.3, -0.25) is 0 Å². The third-order valence-electron chi connectivity index (χ3n) is 17.7. The van der Waals surface area contributed by atoms with Gasteiger partial charge < -0.3 is 4.90 Å². The standard InChI is InChI=1S/C73H55NS/c1-71(2)63-38-49(44-14-8-7-9-15-44)22-29-55(63)58-32-26-52(41-66(58)71)74(53-27-33-59-56-30-23-50(39-64(56)72(3,4)67(59)42-53)47-21-20-45-16-10-11-17-46(45)36-47)54-28-34-60-57-31-24-51(40-65(57)73(5,6)68(60)43-54)48-25-35-70-62(37-48)61-18-12-13-19-69(61)75-70/h7-43H,1-6H3. The van der Waals surface area contributed by atoms with Gasteiger partial charge in [0.25, 0.3) is 0 Å². The zero-order chi connectivity index (χ0) is 50.5. The van der Waals surface area contributed by atoms with E-state index in [2.05, 4.69) is 271 Å². The van der Waals surface area contributed by atoms with Gasteiger partial charge in [0.15, 0.2) is 0 Å². The maximum Gasteiger partial charge on any atom is 0.0465 e. The molecular weight excluding hydrogens is 923 g/mol. The number of anilines is 3. The summed E-state index contributed by atoms with van der Waals surface area (Å²) in [6, 6.07) is 85.3. The monoisotopic (exact) mass is 977 g/mol. The molecule has 0 saturated heterocycles. The van der Waals surface area contributed by atoms with Gasteiger partial charge in [-0.15, -0.1) is 11.3 Å². The van der Waals surface area contributed by atoms with E-state index in [1.807, 2.05) is 11.3 Å².